The van der Waals surface area contributed by atoms with Gasteiger partial charge in [-0.25, -0.2) is 66.5 Å². The molecule has 0 spiro atoms. The van der Waals surface area contributed by atoms with Gasteiger partial charge in [-0.15, -0.1) is 0 Å². The number of hydrogen-bond acceptors (Lipinski definition) is 29. The summed E-state index contributed by atoms with van der Waals surface area (Å²) >= 11 is 1.56. The van der Waals surface area contributed by atoms with Crippen molar-refractivity contribution in [3.05, 3.63) is 312 Å². The summed E-state index contributed by atoms with van der Waals surface area (Å²) in [6.07, 6.45) is 20.5. The van der Waals surface area contributed by atoms with Crippen molar-refractivity contribution in [2.75, 3.05) is 19.8 Å². The number of aryl methyl sites for hydroxylation is 1. The fourth-order valence-corrected chi connectivity index (χ4v) is 17.3. The largest absolute Gasteiger partial charge is 0.463 e. The van der Waals surface area contributed by atoms with E-state index in [4.69, 9.17) is 60.8 Å². The monoisotopic (exact) mass is 1970 g/mol. The molecule has 732 valence electrons. The first-order valence-electron chi connectivity index (χ1n) is 45.7. The van der Waals surface area contributed by atoms with Crippen LogP contribution in [0.5, 0.6) is 0 Å². The van der Waals surface area contributed by atoms with E-state index in [-0.39, 0.29) is 98.2 Å². The minimum atomic E-state index is -0.265. The highest BCUT2D eigenvalue weighted by Crippen LogP contribution is 2.35. The number of furan rings is 2. The Morgan fingerprint density at radius 2 is 0.753 bits per heavy atom. The summed E-state index contributed by atoms with van der Waals surface area (Å²) in [5.74, 6) is 0.910. The van der Waals surface area contributed by atoms with E-state index >= 15 is 0 Å². The maximum absolute atomic E-state index is 12.8. The lowest BCUT2D eigenvalue weighted by Crippen LogP contribution is -2.24. The first-order chi connectivity index (χ1) is 70.2. The van der Waals surface area contributed by atoms with Crippen molar-refractivity contribution < 1.29 is 18.7 Å². The van der Waals surface area contributed by atoms with Gasteiger partial charge in [0.1, 0.15) is 92.8 Å². The van der Waals surface area contributed by atoms with Crippen LogP contribution in [0.25, 0.3) is 107 Å². The topological polar surface area (TPSA) is 627 Å². The lowest BCUT2D eigenvalue weighted by Gasteiger charge is -2.12. The van der Waals surface area contributed by atoms with Crippen LogP contribution in [-0.4, -0.2) is 143 Å². The number of aromatic amines is 7. The van der Waals surface area contributed by atoms with Crippen molar-refractivity contribution in [3.8, 4) is 105 Å². The zero-order chi connectivity index (χ0) is 105. The van der Waals surface area contributed by atoms with E-state index in [2.05, 4.69) is 86.7 Å². The number of nitriles is 8. The van der Waals surface area contributed by atoms with Crippen LogP contribution < -0.4 is 38.9 Å². The molecule has 0 unspecified atom stereocenters. The van der Waals surface area contributed by atoms with Crippen molar-refractivity contribution in [2.45, 2.75) is 145 Å². The van der Waals surface area contributed by atoms with E-state index in [1.54, 1.807) is 71.9 Å². The maximum Gasteiger partial charge on any atom is 0.276 e. The highest BCUT2D eigenvalue weighted by atomic mass is 32.1. The number of aliphatic hydroxyl groups excluding tert-OH is 1. The number of allylic oxidation sites excluding steroid dienone is 1. The lowest BCUT2D eigenvalue weighted by molar-refractivity contribution is 0.216. The molecule has 0 bridgehead atoms. The average molecular weight is 1970 g/mol. The molecule has 0 atom stereocenters. The van der Waals surface area contributed by atoms with Crippen molar-refractivity contribution in [3.63, 3.8) is 0 Å². The molecule has 18 aromatic heterocycles. The van der Waals surface area contributed by atoms with Crippen LogP contribution in [0.4, 0.5) is 0 Å². The molecule has 0 radical (unpaired) electrons. The predicted octanol–water partition coefficient (Wildman–Crippen LogP) is 13.7. The molecule has 44 heteroatoms. The number of rotatable bonds is 15. The molecule has 0 amide bonds. The Morgan fingerprint density at radius 1 is 0.397 bits per heavy atom. The lowest BCUT2D eigenvalue weighted by atomic mass is 9.97. The van der Waals surface area contributed by atoms with Gasteiger partial charge in [0.15, 0.2) is 51.1 Å². The van der Waals surface area contributed by atoms with Gasteiger partial charge in [0.25, 0.3) is 38.9 Å². The van der Waals surface area contributed by atoms with Crippen LogP contribution >= 0.6 is 11.3 Å². The van der Waals surface area contributed by atoms with E-state index in [0.29, 0.717) is 194 Å². The van der Waals surface area contributed by atoms with Gasteiger partial charge in [-0.2, -0.15) is 58.5 Å². The summed E-state index contributed by atoms with van der Waals surface area (Å²) in [5, 5.41) is 109. The van der Waals surface area contributed by atoms with Crippen molar-refractivity contribution in [1.29, 1.82) is 42.1 Å². The van der Waals surface area contributed by atoms with Crippen LogP contribution in [0.2, 0.25) is 0 Å². The van der Waals surface area contributed by atoms with Crippen molar-refractivity contribution >= 4 is 68.2 Å². The molecule has 0 fully saturated rings. The van der Waals surface area contributed by atoms with Crippen molar-refractivity contribution in [1.82, 2.24) is 112 Å². The number of ether oxygens (including phenoxy) is 1. The van der Waals surface area contributed by atoms with Crippen LogP contribution in [0, 0.1) is 90.6 Å². The molecule has 43 nitrogen and oxygen atoms in total. The number of benzene rings is 1. The molecule has 2 aliphatic rings. The minimum Gasteiger partial charge on any atom is -0.463 e. The average Bonchev–Trinajstić information content (AvgIpc) is 1.61. The first-order valence-corrected chi connectivity index (χ1v) is 46.6. The number of hydrogen-bond donors (Lipinski definition) is 8. The van der Waals surface area contributed by atoms with Crippen LogP contribution in [0.3, 0.4) is 0 Å². The number of fused-ring (bicyclic) bond motifs is 7. The quantitative estimate of drug-likeness (QED) is 0.0472. The SMILES string of the molecule is CC(C)c1c(-c2cc(CO)co2)nc2c(C#N)c[nH]n2c1=O.CC(C)c1c(-c2cccc(C#N)c2)nc2c(C#N)c[nH]n2c1=O.CC(C)c1c(-c2ccco2)nc2c(C#N)c[nH]n2c1=O.CC(C)c1c(-c2ccnn2C)nc2c(C#N)c[nH]n2c1=O.CC(C)c1c(-c2ccsc2)nc2c(C#N)c[nH]n2c1=O.CC(C)c1c(C2=CC=NC2)nc2c(C#N)c[nH]n2c1=O.CC(C)c1c(C2=CCOC2)nc2c(C#N)c[nH]n2c1=O. The zero-order valence-corrected chi connectivity index (χ0v) is 82.2. The number of aliphatic hydroxyl groups is 1. The second-order valence-electron chi connectivity index (χ2n) is 35.5. The van der Waals surface area contributed by atoms with Gasteiger partial charge >= 0.3 is 0 Å². The summed E-state index contributed by atoms with van der Waals surface area (Å²) in [6, 6.07) is 32.1. The third kappa shape index (κ3) is 19.2. The summed E-state index contributed by atoms with van der Waals surface area (Å²) in [4.78, 5) is 124. The number of H-pyrrole nitrogens is 7. The van der Waals surface area contributed by atoms with Crippen LogP contribution in [0.15, 0.2) is 187 Å². The Labute approximate surface area is 831 Å². The highest BCUT2D eigenvalue weighted by Gasteiger charge is 2.30. The van der Waals surface area contributed by atoms with E-state index in [1.807, 2.05) is 181 Å². The molecule has 2 aliphatic heterocycles. The van der Waals surface area contributed by atoms with Gasteiger partial charge in [-0.1, -0.05) is 115 Å². The fraction of sp³-hybridized carbons (Fsp3) is 0.255. The Balaban J connectivity index is 0.000000128. The van der Waals surface area contributed by atoms with Crippen LogP contribution in [-0.2, 0) is 18.4 Å². The van der Waals surface area contributed by atoms with Crippen LogP contribution in [0.1, 0.15) is 239 Å². The highest BCUT2D eigenvalue weighted by molar-refractivity contribution is 7.08. The number of nitrogens with one attached hydrogen (secondary N) is 7. The summed E-state index contributed by atoms with van der Waals surface area (Å²) in [5.41, 5.74) is 16.7. The second-order valence-corrected chi connectivity index (χ2v) is 36.2. The molecule has 1 aromatic carbocycles. The molecule has 19 aromatic rings. The Morgan fingerprint density at radius 3 is 1.07 bits per heavy atom. The van der Waals surface area contributed by atoms with Crippen molar-refractivity contribution in [2.24, 2.45) is 12.0 Å². The molecule has 20 heterocycles. The van der Waals surface area contributed by atoms with Gasteiger partial charge in [0.2, 0.25) is 0 Å². The van der Waals surface area contributed by atoms with E-state index < -0.39 is 0 Å². The summed E-state index contributed by atoms with van der Waals surface area (Å²) in [6.45, 7) is 28.4. The predicted molar refractivity (Wildman–Crippen MR) is 539 cm³/mol. The molecule has 21 rings (SSSR count). The molecular weight excluding hydrogens is 1880 g/mol. The molecule has 0 saturated carbocycles. The number of aromatic nitrogens is 23. The Kier molecular flexibility index (Phi) is 29.6. The maximum atomic E-state index is 12.8. The van der Waals surface area contributed by atoms with Gasteiger partial charge in [-0.05, 0) is 95.3 Å². The molecule has 0 saturated heterocycles. The standard InChI is InChI=1S/C17H13N5O.C15H14N4O3.C14H14N6O.C14H13N5O.C14H14N4O2.C14H12N4O2.C14H12N4OS/c1-10(2)14-15(12-5-3-4-11(6-12)7-18)21-16-13(8-19)9-20-22(16)17(14)23;1-8(2)12-13(11-3-9(6-20)7-22-11)18-14-10(4-16)5-17-19(14)15(12)21;1-8(2)11-12(10-4-5-16-19(10)3)18-13-9(6-15)7-17-20(13)14(11)21;1-8(2)11-12(9-3-4-16-6-9)18-13-10(5-15)7-17-19(13)14(11)20;1-8(2)11-12(9-3-4-20-7-9)17-13-10(5-15)6-16-18(13)14(11)19;1-8(2)11-12(10-4-3-5-20-10)17-13-9(6-15)7-16-18(13)14(11)19;1-8(2)11-12(9-3-4-20-7-9)17-13-10(5-15)6-16-18(13)14(11)19/h3-6,9-10,20H,1-2H3;3,5,7-8,17,20H,6H2,1-2H3;4-5,7-8,17H,1-3H3;3-4,7-8,17H,6H2,1-2H3;3,6,8,16H,4,7H2,1-2H3;3-5,7-8,16H,1-2H3;3-4,6-8,16H,1-2H3. The molecule has 146 heavy (non-hydrogen) atoms. The van der Waals surface area contributed by atoms with E-state index in [9.17, 15) is 33.6 Å². The first kappa shape index (κ1) is 101. The zero-order valence-electron chi connectivity index (χ0n) is 81.3. The Bertz CT molecular complexity index is 9000. The smallest absolute Gasteiger partial charge is 0.276 e. The summed E-state index contributed by atoms with van der Waals surface area (Å²) in [7, 11) is 1.80. The van der Waals surface area contributed by atoms with Gasteiger partial charge in [-0.3, -0.25) is 78.9 Å². The minimum absolute atomic E-state index is 0.000589. The summed E-state index contributed by atoms with van der Waals surface area (Å²) < 4.78 is 26.9. The fourth-order valence-electron chi connectivity index (χ4n) is 16.7. The number of thiophene rings is 1. The molecule has 0 aliphatic carbocycles. The Hall–Kier alpha value is -19.4. The number of aliphatic imine (C=N–C) groups is 1. The molecular formula is C102H92N32O11S. The van der Waals surface area contributed by atoms with Gasteiger partial charge < -0.3 is 18.7 Å². The normalized spacial score (nSPS) is 12.0. The second kappa shape index (κ2) is 42.8. The van der Waals surface area contributed by atoms with Gasteiger partial charge in [0.05, 0.1) is 95.8 Å². The third-order valence-electron chi connectivity index (χ3n) is 23.7. The molecule has 8 N–H and O–H groups in total. The number of nitrogens with zero attached hydrogens (tertiary/aromatic N) is 25. The van der Waals surface area contributed by atoms with Gasteiger partial charge in [0, 0.05) is 124 Å². The third-order valence-corrected chi connectivity index (χ3v) is 24.4. The van der Waals surface area contributed by atoms with E-state index in [0.717, 1.165) is 22.4 Å². The van der Waals surface area contributed by atoms with E-state index in [1.165, 1.54) is 87.5 Å².